The molecule has 0 spiro atoms. The molecule has 3 nitrogen and oxygen atoms in total. The maximum atomic E-state index is 11.3. The molecule has 3 N–H and O–H groups in total. The zero-order chi connectivity index (χ0) is 11.7. The molecule has 0 aromatic heterocycles. The summed E-state index contributed by atoms with van der Waals surface area (Å²) in [6.45, 7) is 4.21. The van der Waals surface area contributed by atoms with Crippen LogP contribution < -0.4 is 11.1 Å². The molecular weight excluding hydrogens is 208 g/mol. The number of unbranched alkanes of at least 4 members (excludes halogenated alkanes) is 3. The van der Waals surface area contributed by atoms with Crippen LogP contribution in [0.2, 0.25) is 0 Å². The molecule has 0 radical (unpaired) electrons. The van der Waals surface area contributed by atoms with Crippen molar-refractivity contribution in [3.8, 4) is 0 Å². The van der Waals surface area contributed by atoms with Crippen molar-refractivity contribution < 1.29 is 4.79 Å². The zero-order valence-corrected chi connectivity index (χ0v) is 10.5. The summed E-state index contributed by atoms with van der Waals surface area (Å²) in [4.78, 5) is 11.5. The number of hydrogen-bond acceptors (Lipinski definition) is 2. The molecule has 0 rings (SSSR count). The molecular formula is C11H22N2OS. The Morgan fingerprint density at radius 1 is 1.40 bits per heavy atom. The monoisotopic (exact) mass is 230 g/mol. The van der Waals surface area contributed by atoms with Gasteiger partial charge in [0.15, 0.2) is 0 Å². The van der Waals surface area contributed by atoms with Crippen LogP contribution >= 0.6 is 12.2 Å². The average Bonchev–Trinajstić information content (AvgIpc) is 2.10. The molecule has 0 saturated heterocycles. The summed E-state index contributed by atoms with van der Waals surface area (Å²) in [5, 5.41) is 2.88. The van der Waals surface area contributed by atoms with E-state index in [0.717, 1.165) is 6.42 Å². The van der Waals surface area contributed by atoms with E-state index < -0.39 is 0 Å². The van der Waals surface area contributed by atoms with Gasteiger partial charge in [-0.05, 0) is 13.3 Å². The van der Waals surface area contributed by atoms with Crippen LogP contribution in [0.15, 0.2) is 0 Å². The Hall–Kier alpha value is -0.640. The van der Waals surface area contributed by atoms with E-state index in [1.165, 1.54) is 25.7 Å². The lowest BCUT2D eigenvalue weighted by Gasteiger charge is -2.13. The fraction of sp³-hybridized carbons (Fsp3) is 0.818. The third-order valence-corrected chi connectivity index (χ3v) is 2.38. The summed E-state index contributed by atoms with van der Waals surface area (Å²) in [5.41, 5.74) is 5.28. The predicted octanol–water partition coefficient (Wildman–Crippen LogP) is 2.14. The second-order valence-electron chi connectivity index (χ2n) is 3.96. The quantitative estimate of drug-likeness (QED) is 0.496. The Balaban J connectivity index is 3.51. The fourth-order valence-corrected chi connectivity index (χ4v) is 1.56. The van der Waals surface area contributed by atoms with Crippen molar-refractivity contribution in [3.63, 3.8) is 0 Å². The van der Waals surface area contributed by atoms with Crippen molar-refractivity contribution in [1.82, 2.24) is 5.32 Å². The highest BCUT2D eigenvalue weighted by Gasteiger charge is 2.07. The topological polar surface area (TPSA) is 55.1 Å². The van der Waals surface area contributed by atoms with Crippen LogP contribution in [0.3, 0.4) is 0 Å². The van der Waals surface area contributed by atoms with Gasteiger partial charge in [0.25, 0.3) is 0 Å². The maximum absolute atomic E-state index is 11.3. The molecule has 0 aliphatic rings. The van der Waals surface area contributed by atoms with Gasteiger partial charge in [-0.1, -0.05) is 44.8 Å². The Morgan fingerprint density at radius 2 is 2.07 bits per heavy atom. The first-order chi connectivity index (χ1) is 7.06. The molecule has 88 valence electrons. The first-order valence-electron chi connectivity index (χ1n) is 5.64. The highest BCUT2D eigenvalue weighted by molar-refractivity contribution is 7.80. The largest absolute Gasteiger partial charge is 0.393 e. The van der Waals surface area contributed by atoms with E-state index in [1.54, 1.807) is 0 Å². The highest BCUT2D eigenvalue weighted by atomic mass is 32.1. The fourth-order valence-electron chi connectivity index (χ4n) is 1.43. The highest BCUT2D eigenvalue weighted by Crippen LogP contribution is 2.05. The standard InChI is InChI=1S/C11H22N2OS/c1-3-4-5-6-7-9(2)13-11(14)8-10(12)15/h9H,3-8H2,1-2H3,(H2,12,15)(H,13,14). The third-order valence-electron chi connectivity index (χ3n) is 2.23. The van der Waals surface area contributed by atoms with Crippen LogP contribution in [-0.4, -0.2) is 16.9 Å². The maximum Gasteiger partial charge on any atom is 0.227 e. The van der Waals surface area contributed by atoms with Crippen LogP contribution in [0.1, 0.15) is 52.4 Å². The molecule has 1 atom stereocenters. The van der Waals surface area contributed by atoms with Gasteiger partial charge in [-0.3, -0.25) is 4.79 Å². The number of carbonyl (C=O) groups is 1. The van der Waals surface area contributed by atoms with E-state index >= 15 is 0 Å². The summed E-state index contributed by atoms with van der Waals surface area (Å²) in [6, 6.07) is 0.226. The van der Waals surface area contributed by atoms with Gasteiger partial charge >= 0.3 is 0 Å². The lowest BCUT2D eigenvalue weighted by molar-refractivity contribution is -0.120. The van der Waals surface area contributed by atoms with Gasteiger partial charge in [-0.2, -0.15) is 0 Å². The summed E-state index contributed by atoms with van der Waals surface area (Å²) in [6.07, 6.45) is 6.11. The normalized spacial score (nSPS) is 12.1. The van der Waals surface area contributed by atoms with Crippen LogP contribution in [0.5, 0.6) is 0 Å². The molecule has 0 aromatic rings. The van der Waals surface area contributed by atoms with Crippen LogP contribution in [-0.2, 0) is 4.79 Å². The molecule has 1 amide bonds. The first-order valence-corrected chi connectivity index (χ1v) is 6.04. The molecule has 0 bridgehead atoms. The number of carbonyl (C=O) groups excluding carboxylic acids is 1. The van der Waals surface area contributed by atoms with E-state index in [1.807, 2.05) is 6.92 Å². The summed E-state index contributed by atoms with van der Waals surface area (Å²) in [7, 11) is 0. The minimum absolute atomic E-state index is 0.0644. The number of hydrogen-bond donors (Lipinski definition) is 2. The van der Waals surface area contributed by atoms with Gasteiger partial charge in [-0.15, -0.1) is 0 Å². The van der Waals surface area contributed by atoms with Crippen LogP contribution in [0.25, 0.3) is 0 Å². The van der Waals surface area contributed by atoms with Crippen molar-refractivity contribution >= 4 is 23.1 Å². The number of nitrogens with one attached hydrogen (secondary N) is 1. The Morgan fingerprint density at radius 3 is 2.60 bits per heavy atom. The van der Waals surface area contributed by atoms with Crippen molar-refractivity contribution in [2.24, 2.45) is 5.73 Å². The molecule has 15 heavy (non-hydrogen) atoms. The molecule has 0 aromatic carbocycles. The van der Waals surface area contributed by atoms with Crippen molar-refractivity contribution in [3.05, 3.63) is 0 Å². The molecule has 4 heteroatoms. The summed E-state index contributed by atoms with van der Waals surface area (Å²) < 4.78 is 0. The van der Waals surface area contributed by atoms with Crippen LogP contribution in [0, 0.1) is 0 Å². The molecule has 0 heterocycles. The lowest BCUT2D eigenvalue weighted by atomic mass is 10.1. The van der Waals surface area contributed by atoms with E-state index in [2.05, 4.69) is 24.5 Å². The lowest BCUT2D eigenvalue weighted by Crippen LogP contribution is -2.34. The molecule has 0 aliphatic carbocycles. The smallest absolute Gasteiger partial charge is 0.227 e. The van der Waals surface area contributed by atoms with Gasteiger partial charge in [0, 0.05) is 6.04 Å². The Labute approximate surface area is 97.8 Å². The number of nitrogens with two attached hydrogens (primary N) is 1. The molecule has 0 saturated carbocycles. The Kier molecular flexibility index (Phi) is 8.28. The summed E-state index contributed by atoms with van der Waals surface area (Å²) >= 11 is 4.66. The van der Waals surface area contributed by atoms with E-state index in [-0.39, 0.29) is 23.4 Å². The first kappa shape index (κ1) is 14.4. The molecule has 0 aliphatic heterocycles. The van der Waals surface area contributed by atoms with E-state index in [4.69, 9.17) is 5.73 Å². The minimum atomic E-state index is -0.0644. The van der Waals surface area contributed by atoms with Crippen LogP contribution in [0.4, 0.5) is 0 Å². The van der Waals surface area contributed by atoms with Gasteiger partial charge < -0.3 is 11.1 Å². The van der Waals surface area contributed by atoms with E-state index in [0.29, 0.717) is 0 Å². The average molecular weight is 230 g/mol. The minimum Gasteiger partial charge on any atom is -0.393 e. The van der Waals surface area contributed by atoms with Crippen molar-refractivity contribution in [2.45, 2.75) is 58.4 Å². The zero-order valence-electron chi connectivity index (χ0n) is 9.71. The molecule has 1 unspecified atom stereocenters. The number of thiocarbonyl (C=S) groups is 1. The van der Waals surface area contributed by atoms with Gasteiger partial charge in [-0.25, -0.2) is 0 Å². The number of amides is 1. The second-order valence-corrected chi connectivity index (χ2v) is 4.49. The SMILES string of the molecule is CCCCCCC(C)NC(=O)CC(N)=S. The molecule has 0 fully saturated rings. The predicted molar refractivity (Wildman–Crippen MR) is 67.8 cm³/mol. The van der Waals surface area contributed by atoms with E-state index in [9.17, 15) is 4.79 Å². The summed E-state index contributed by atoms with van der Waals surface area (Å²) in [5.74, 6) is -0.0644. The second kappa shape index (κ2) is 8.65. The van der Waals surface area contributed by atoms with Gasteiger partial charge in [0.2, 0.25) is 5.91 Å². The Bertz CT molecular complexity index is 207. The van der Waals surface area contributed by atoms with Gasteiger partial charge in [0.1, 0.15) is 0 Å². The van der Waals surface area contributed by atoms with Crippen molar-refractivity contribution in [2.75, 3.05) is 0 Å². The van der Waals surface area contributed by atoms with Crippen molar-refractivity contribution in [1.29, 1.82) is 0 Å². The van der Waals surface area contributed by atoms with Gasteiger partial charge in [0.05, 0.1) is 11.4 Å². The number of rotatable bonds is 8. The third kappa shape index (κ3) is 9.66.